The standard InChI is InChI=1S/C23H21N3O3S/c1-2-28-18-9-11-19(12-10-18)29-16-22(27)26(15-17-6-5-13-24-14-17)23-25-20-7-3-4-8-21(20)30-23/h3-14H,2,15-16H2,1H3. The number of anilines is 1. The number of carbonyl (C=O) groups excluding carboxylic acids is 1. The van der Waals surface area contributed by atoms with E-state index in [2.05, 4.69) is 9.97 Å². The van der Waals surface area contributed by atoms with E-state index >= 15 is 0 Å². The number of fused-ring (bicyclic) bond motifs is 1. The number of aromatic nitrogens is 2. The summed E-state index contributed by atoms with van der Waals surface area (Å²) >= 11 is 1.48. The molecule has 0 spiro atoms. The number of carbonyl (C=O) groups is 1. The second-order valence-electron chi connectivity index (χ2n) is 6.50. The van der Waals surface area contributed by atoms with E-state index in [1.165, 1.54) is 11.3 Å². The number of ether oxygens (including phenoxy) is 2. The first-order valence-electron chi connectivity index (χ1n) is 9.63. The molecule has 7 heteroatoms. The SMILES string of the molecule is CCOc1ccc(OCC(=O)N(Cc2cccnc2)c2nc3ccccc3s2)cc1. The summed E-state index contributed by atoms with van der Waals surface area (Å²) < 4.78 is 12.2. The number of nitrogens with zero attached hydrogens (tertiary/aromatic N) is 3. The lowest BCUT2D eigenvalue weighted by atomic mass is 10.2. The average molecular weight is 420 g/mol. The third kappa shape index (κ3) is 4.75. The first-order valence-corrected chi connectivity index (χ1v) is 10.4. The van der Waals surface area contributed by atoms with Gasteiger partial charge in [-0.15, -0.1) is 0 Å². The first kappa shape index (κ1) is 19.8. The van der Waals surface area contributed by atoms with Crippen LogP contribution in [0.1, 0.15) is 12.5 Å². The number of thiazole rings is 1. The molecule has 0 aliphatic rings. The molecule has 0 saturated carbocycles. The van der Waals surface area contributed by atoms with Gasteiger partial charge < -0.3 is 9.47 Å². The van der Waals surface area contributed by atoms with Gasteiger partial charge in [0.1, 0.15) is 11.5 Å². The van der Waals surface area contributed by atoms with Crippen molar-refractivity contribution in [3.05, 3.63) is 78.6 Å². The molecule has 0 unspecified atom stereocenters. The number of hydrogen-bond donors (Lipinski definition) is 0. The maximum absolute atomic E-state index is 13.1. The minimum absolute atomic E-state index is 0.0931. The highest BCUT2D eigenvalue weighted by atomic mass is 32.1. The highest BCUT2D eigenvalue weighted by Gasteiger charge is 2.21. The van der Waals surface area contributed by atoms with Gasteiger partial charge >= 0.3 is 0 Å². The highest BCUT2D eigenvalue weighted by Crippen LogP contribution is 2.30. The van der Waals surface area contributed by atoms with Crippen LogP contribution in [0.25, 0.3) is 10.2 Å². The van der Waals surface area contributed by atoms with E-state index in [1.807, 2.05) is 55.5 Å². The predicted molar refractivity (Wildman–Crippen MR) is 118 cm³/mol. The van der Waals surface area contributed by atoms with Gasteiger partial charge in [0, 0.05) is 12.4 Å². The van der Waals surface area contributed by atoms with Crippen LogP contribution in [-0.4, -0.2) is 29.1 Å². The molecule has 6 nitrogen and oxygen atoms in total. The molecule has 2 aromatic heterocycles. The molecular formula is C23H21N3O3S. The van der Waals surface area contributed by atoms with Gasteiger partial charge in [-0.2, -0.15) is 0 Å². The Hall–Kier alpha value is -3.45. The molecule has 1 amide bonds. The van der Waals surface area contributed by atoms with Crippen LogP contribution in [0.15, 0.2) is 73.1 Å². The van der Waals surface area contributed by atoms with E-state index in [1.54, 1.807) is 29.4 Å². The van der Waals surface area contributed by atoms with Crippen molar-refractivity contribution in [2.45, 2.75) is 13.5 Å². The van der Waals surface area contributed by atoms with Gasteiger partial charge in [0.2, 0.25) is 0 Å². The maximum atomic E-state index is 13.1. The van der Waals surface area contributed by atoms with E-state index in [4.69, 9.17) is 9.47 Å². The summed E-state index contributed by atoms with van der Waals surface area (Å²) in [5, 5.41) is 0.639. The molecule has 0 atom stereocenters. The van der Waals surface area contributed by atoms with Crippen molar-refractivity contribution in [3.8, 4) is 11.5 Å². The fourth-order valence-electron chi connectivity index (χ4n) is 2.93. The van der Waals surface area contributed by atoms with Gasteiger partial charge in [-0.3, -0.25) is 14.7 Å². The smallest absolute Gasteiger partial charge is 0.267 e. The van der Waals surface area contributed by atoms with Gasteiger partial charge in [0.05, 0.1) is 23.4 Å². The largest absolute Gasteiger partial charge is 0.494 e. The minimum Gasteiger partial charge on any atom is -0.494 e. The number of amides is 1. The summed E-state index contributed by atoms with van der Waals surface area (Å²) in [6.07, 6.45) is 3.46. The molecule has 2 heterocycles. The zero-order valence-corrected chi connectivity index (χ0v) is 17.3. The predicted octanol–water partition coefficient (Wildman–Crippen LogP) is 4.70. The molecular weight excluding hydrogens is 398 g/mol. The van der Waals surface area contributed by atoms with Crippen molar-refractivity contribution in [2.24, 2.45) is 0 Å². The Bertz CT molecular complexity index is 1080. The van der Waals surface area contributed by atoms with Gasteiger partial charge in [-0.25, -0.2) is 4.98 Å². The lowest BCUT2D eigenvalue weighted by Gasteiger charge is -2.20. The van der Waals surface area contributed by atoms with Crippen molar-refractivity contribution in [3.63, 3.8) is 0 Å². The van der Waals surface area contributed by atoms with Gasteiger partial charge in [-0.05, 0) is 55.0 Å². The van der Waals surface area contributed by atoms with E-state index in [-0.39, 0.29) is 12.5 Å². The summed E-state index contributed by atoms with van der Waals surface area (Å²) in [5.41, 5.74) is 1.79. The molecule has 152 valence electrons. The fourth-order valence-corrected chi connectivity index (χ4v) is 3.92. The van der Waals surface area contributed by atoms with Crippen LogP contribution in [0.4, 0.5) is 5.13 Å². The van der Waals surface area contributed by atoms with Crippen molar-refractivity contribution in [1.82, 2.24) is 9.97 Å². The van der Waals surface area contributed by atoms with Crippen molar-refractivity contribution in [1.29, 1.82) is 0 Å². The van der Waals surface area contributed by atoms with Crippen LogP contribution in [0.5, 0.6) is 11.5 Å². The molecule has 0 saturated heterocycles. The van der Waals surface area contributed by atoms with Crippen LogP contribution in [-0.2, 0) is 11.3 Å². The third-order valence-corrected chi connectivity index (χ3v) is 5.43. The Kier molecular flexibility index (Phi) is 6.20. The second-order valence-corrected chi connectivity index (χ2v) is 7.51. The Morgan fingerprint density at radius 2 is 1.77 bits per heavy atom. The third-order valence-electron chi connectivity index (χ3n) is 4.38. The van der Waals surface area contributed by atoms with Crippen molar-refractivity contribution < 1.29 is 14.3 Å². The molecule has 0 aliphatic carbocycles. The maximum Gasteiger partial charge on any atom is 0.267 e. The number of hydrogen-bond acceptors (Lipinski definition) is 6. The lowest BCUT2D eigenvalue weighted by molar-refractivity contribution is -0.120. The van der Waals surface area contributed by atoms with Crippen LogP contribution in [0.3, 0.4) is 0 Å². The minimum atomic E-state index is -0.174. The quantitative estimate of drug-likeness (QED) is 0.414. The van der Waals surface area contributed by atoms with E-state index < -0.39 is 0 Å². The summed E-state index contributed by atoms with van der Waals surface area (Å²) in [7, 11) is 0. The summed E-state index contributed by atoms with van der Waals surface area (Å²) in [5.74, 6) is 1.20. The normalized spacial score (nSPS) is 10.7. The van der Waals surface area contributed by atoms with Crippen LogP contribution >= 0.6 is 11.3 Å². The number of pyridine rings is 1. The summed E-state index contributed by atoms with van der Waals surface area (Å²) in [6.45, 7) is 2.81. The Labute approximate surface area is 178 Å². The second kappa shape index (κ2) is 9.37. The van der Waals surface area contributed by atoms with Crippen LogP contribution in [0.2, 0.25) is 0 Å². The van der Waals surface area contributed by atoms with Crippen molar-refractivity contribution in [2.75, 3.05) is 18.1 Å². The van der Waals surface area contributed by atoms with Crippen LogP contribution in [0, 0.1) is 0 Å². The first-order chi connectivity index (χ1) is 14.7. The van der Waals surface area contributed by atoms with Gasteiger partial charge in [0.15, 0.2) is 11.7 Å². The average Bonchev–Trinajstić information content (AvgIpc) is 3.21. The highest BCUT2D eigenvalue weighted by molar-refractivity contribution is 7.22. The molecule has 0 radical (unpaired) electrons. The molecule has 0 N–H and O–H groups in total. The molecule has 30 heavy (non-hydrogen) atoms. The zero-order valence-electron chi connectivity index (χ0n) is 16.5. The number of rotatable bonds is 8. The lowest BCUT2D eigenvalue weighted by Crippen LogP contribution is -2.34. The Morgan fingerprint density at radius 3 is 2.47 bits per heavy atom. The fraction of sp³-hybridized carbons (Fsp3) is 0.174. The monoisotopic (exact) mass is 419 g/mol. The topological polar surface area (TPSA) is 64.6 Å². The molecule has 4 aromatic rings. The molecule has 0 fully saturated rings. The molecule has 0 bridgehead atoms. The van der Waals surface area contributed by atoms with Crippen LogP contribution < -0.4 is 14.4 Å². The Balaban J connectivity index is 1.52. The molecule has 4 rings (SSSR count). The van der Waals surface area contributed by atoms with E-state index in [0.29, 0.717) is 24.0 Å². The molecule has 0 aliphatic heterocycles. The number of benzene rings is 2. The van der Waals surface area contributed by atoms with Gasteiger partial charge in [-0.1, -0.05) is 29.5 Å². The summed E-state index contributed by atoms with van der Waals surface area (Å²) in [6, 6.07) is 18.9. The Morgan fingerprint density at radius 1 is 1.00 bits per heavy atom. The number of para-hydroxylation sites is 1. The van der Waals surface area contributed by atoms with Gasteiger partial charge in [0.25, 0.3) is 5.91 Å². The van der Waals surface area contributed by atoms with E-state index in [0.717, 1.165) is 21.5 Å². The van der Waals surface area contributed by atoms with E-state index in [9.17, 15) is 4.79 Å². The summed E-state index contributed by atoms with van der Waals surface area (Å²) in [4.78, 5) is 23.5. The zero-order chi connectivity index (χ0) is 20.8. The molecule has 2 aromatic carbocycles. The van der Waals surface area contributed by atoms with Crippen molar-refractivity contribution >= 4 is 32.6 Å².